The second-order valence-electron chi connectivity index (χ2n) is 11.8. The van der Waals surface area contributed by atoms with Gasteiger partial charge in [-0.1, -0.05) is 87.4 Å². The molecular weight excluding hydrogens is 478 g/mol. The highest BCUT2D eigenvalue weighted by molar-refractivity contribution is 5.90. The molecule has 1 aliphatic carbocycles. The molecule has 0 unspecified atom stereocenters. The molecule has 5 nitrogen and oxygen atoms in total. The molecule has 39 heavy (non-hydrogen) atoms. The summed E-state index contributed by atoms with van der Waals surface area (Å²) in [4.78, 5) is 11.7. The lowest BCUT2D eigenvalue weighted by Crippen LogP contribution is -2.32. The molecule has 5 heteroatoms. The van der Waals surface area contributed by atoms with Crippen molar-refractivity contribution in [2.75, 3.05) is 37.4 Å². The molecule has 0 atom stereocenters. The Kier molecular flexibility index (Phi) is 12.4. The van der Waals surface area contributed by atoms with Gasteiger partial charge in [-0.25, -0.2) is 4.98 Å². The second kappa shape index (κ2) is 16.4. The molecule has 2 aromatic carbocycles. The zero-order chi connectivity index (χ0) is 27.1. The van der Waals surface area contributed by atoms with Gasteiger partial charge in [0.05, 0.1) is 5.52 Å². The lowest BCUT2D eigenvalue weighted by molar-refractivity contribution is 0.323. The Morgan fingerprint density at radius 2 is 1.36 bits per heavy atom. The molecule has 0 aliphatic heterocycles. The van der Waals surface area contributed by atoms with Crippen LogP contribution in [0.4, 0.5) is 11.8 Å². The Hall–Kier alpha value is -2.66. The highest BCUT2D eigenvalue weighted by Crippen LogP contribution is 2.28. The van der Waals surface area contributed by atoms with Crippen LogP contribution in [-0.4, -0.2) is 43.2 Å². The van der Waals surface area contributed by atoms with Crippen molar-refractivity contribution in [3.63, 3.8) is 0 Å². The van der Waals surface area contributed by atoms with Crippen molar-refractivity contribution < 1.29 is 0 Å². The third-order valence-corrected chi connectivity index (χ3v) is 8.28. The van der Waals surface area contributed by atoms with Crippen LogP contribution in [0.1, 0.15) is 89.0 Å². The van der Waals surface area contributed by atoms with Crippen molar-refractivity contribution in [1.29, 1.82) is 0 Å². The van der Waals surface area contributed by atoms with E-state index in [4.69, 9.17) is 9.97 Å². The molecule has 3 aromatic rings. The van der Waals surface area contributed by atoms with E-state index < -0.39 is 0 Å². The maximum Gasteiger partial charge on any atom is 0.225 e. The van der Waals surface area contributed by atoms with Crippen molar-refractivity contribution in [3.05, 3.63) is 60.2 Å². The highest BCUT2D eigenvalue weighted by Gasteiger charge is 2.22. The van der Waals surface area contributed by atoms with Gasteiger partial charge in [-0.15, -0.1) is 0 Å². The summed E-state index contributed by atoms with van der Waals surface area (Å²) in [6.45, 7) is 2.35. The fourth-order valence-corrected chi connectivity index (χ4v) is 5.93. The summed E-state index contributed by atoms with van der Waals surface area (Å²) in [6, 6.07) is 19.7. The molecule has 0 spiro atoms. The van der Waals surface area contributed by atoms with E-state index in [1.54, 1.807) is 0 Å². The fraction of sp³-hybridized carbons (Fsp3) is 0.588. The lowest BCUT2D eigenvalue weighted by Gasteiger charge is -2.29. The first kappa shape index (κ1) is 29.3. The van der Waals surface area contributed by atoms with Gasteiger partial charge in [0, 0.05) is 25.5 Å². The van der Waals surface area contributed by atoms with Gasteiger partial charge in [0.15, 0.2) is 0 Å². The van der Waals surface area contributed by atoms with Crippen LogP contribution in [-0.2, 0) is 6.42 Å². The molecule has 4 rings (SSSR count). The maximum atomic E-state index is 4.83. The molecule has 0 amide bonds. The minimum atomic E-state index is 0.473. The molecule has 1 fully saturated rings. The van der Waals surface area contributed by atoms with Gasteiger partial charge >= 0.3 is 0 Å². The van der Waals surface area contributed by atoms with Gasteiger partial charge < -0.3 is 15.5 Å². The van der Waals surface area contributed by atoms with Crippen LogP contribution in [0.15, 0.2) is 54.6 Å². The molecule has 1 aromatic heterocycles. The van der Waals surface area contributed by atoms with Gasteiger partial charge in [0.25, 0.3) is 0 Å². The number of nitrogens with zero attached hydrogens (tertiary/aromatic N) is 3. The number of para-hydroxylation sites is 1. The molecule has 0 radical (unpaired) electrons. The standard InChI is InChI=1S/C34H51N5/c1-39(2)33-31-20-14-15-21-32(31)37-34(38-33)36-30-24-22-29(23-25-30)27-35-26-16-9-7-5-3-4-6-8-11-17-28-18-12-10-13-19-28/h10,12-15,18-21,29-30,35H,3-9,11,16-17,22-27H2,1-2H3,(H,36,37,38)/t29-,30+. The van der Waals surface area contributed by atoms with Crippen LogP contribution in [0.2, 0.25) is 0 Å². The average molecular weight is 530 g/mol. The first-order valence-electron chi connectivity index (χ1n) is 15.6. The Morgan fingerprint density at radius 1 is 0.718 bits per heavy atom. The summed E-state index contributed by atoms with van der Waals surface area (Å²) < 4.78 is 0. The van der Waals surface area contributed by atoms with E-state index in [2.05, 4.69) is 64.1 Å². The predicted octanol–water partition coefficient (Wildman–Crippen LogP) is 8.01. The highest BCUT2D eigenvalue weighted by atomic mass is 15.2. The zero-order valence-corrected chi connectivity index (χ0v) is 24.5. The van der Waals surface area contributed by atoms with Gasteiger partial charge in [-0.05, 0) is 81.6 Å². The molecule has 1 saturated carbocycles. The van der Waals surface area contributed by atoms with Crippen molar-refractivity contribution >= 4 is 22.7 Å². The number of aryl methyl sites for hydroxylation is 1. The Morgan fingerprint density at radius 3 is 2.08 bits per heavy atom. The van der Waals surface area contributed by atoms with Crippen molar-refractivity contribution in [1.82, 2.24) is 15.3 Å². The molecule has 1 heterocycles. The summed E-state index contributed by atoms with van der Waals surface area (Å²) in [5, 5.41) is 8.49. The van der Waals surface area contributed by atoms with Crippen LogP contribution in [0.5, 0.6) is 0 Å². The minimum absolute atomic E-state index is 0.473. The van der Waals surface area contributed by atoms with Gasteiger partial charge in [0.1, 0.15) is 5.82 Å². The average Bonchev–Trinajstić information content (AvgIpc) is 2.96. The quantitative estimate of drug-likeness (QED) is 0.173. The maximum absolute atomic E-state index is 4.83. The van der Waals surface area contributed by atoms with Crippen LogP contribution in [0.25, 0.3) is 10.9 Å². The third kappa shape index (κ3) is 10.1. The number of nitrogens with one attached hydrogen (secondary N) is 2. The number of hydrogen-bond donors (Lipinski definition) is 2. The number of anilines is 2. The summed E-state index contributed by atoms with van der Waals surface area (Å²) in [6.07, 6.45) is 18.7. The van der Waals surface area contributed by atoms with Crippen LogP contribution in [0, 0.1) is 5.92 Å². The molecule has 2 N–H and O–H groups in total. The number of unbranched alkanes of at least 4 members (excludes halogenated alkanes) is 8. The predicted molar refractivity (Wildman–Crippen MR) is 168 cm³/mol. The number of fused-ring (bicyclic) bond motifs is 1. The molecule has 1 aliphatic rings. The normalized spacial score (nSPS) is 17.4. The molecule has 212 valence electrons. The summed E-state index contributed by atoms with van der Waals surface area (Å²) >= 11 is 0. The molecule has 0 saturated heterocycles. The minimum Gasteiger partial charge on any atom is -0.362 e. The Balaban J connectivity index is 0.989. The zero-order valence-electron chi connectivity index (χ0n) is 24.5. The first-order valence-corrected chi connectivity index (χ1v) is 15.6. The summed E-state index contributed by atoms with van der Waals surface area (Å²) in [5.41, 5.74) is 2.49. The summed E-state index contributed by atoms with van der Waals surface area (Å²) in [5.74, 6) is 2.55. The van der Waals surface area contributed by atoms with E-state index in [1.165, 1.54) is 109 Å². The van der Waals surface area contributed by atoms with E-state index >= 15 is 0 Å². The van der Waals surface area contributed by atoms with E-state index in [0.717, 1.165) is 28.6 Å². The first-order chi connectivity index (χ1) is 19.2. The van der Waals surface area contributed by atoms with Crippen molar-refractivity contribution in [2.45, 2.75) is 95.9 Å². The van der Waals surface area contributed by atoms with Crippen molar-refractivity contribution in [2.24, 2.45) is 5.92 Å². The van der Waals surface area contributed by atoms with Crippen molar-refractivity contribution in [3.8, 4) is 0 Å². The van der Waals surface area contributed by atoms with Gasteiger partial charge in [-0.2, -0.15) is 4.98 Å². The van der Waals surface area contributed by atoms with Crippen LogP contribution < -0.4 is 15.5 Å². The SMILES string of the molecule is CN(C)c1nc(N[C@H]2CC[C@@H](CNCCCCCCCCCCCc3ccccc3)CC2)nc2ccccc12. The van der Waals surface area contributed by atoms with Gasteiger partial charge in [0.2, 0.25) is 5.95 Å². The van der Waals surface area contributed by atoms with E-state index in [0.29, 0.717) is 6.04 Å². The monoisotopic (exact) mass is 529 g/mol. The van der Waals surface area contributed by atoms with E-state index in [-0.39, 0.29) is 0 Å². The number of hydrogen-bond acceptors (Lipinski definition) is 5. The van der Waals surface area contributed by atoms with E-state index in [9.17, 15) is 0 Å². The van der Waals surface area contributed by atoms with E-state index in [1.807, 2.05) is 20.2 Å². The molecule has 0 bridgehead atoms. The van der Waals surface area contributed by atoms with Gasteiger partial charge in [-0.3, -0.25) is 0 Å². The number of aromatic nitrogens is 2. The Bertz CT molecular complexity index is 1080. The molecular formula is C34H51N5. The smallest absolute Gasteiger partial charge is 0.225 e. The van der Waals surface area contributed by atoms with Crippen LogP contribution >= 0.6 is 0 Å². The number of benzene rings is 2. The number of rotatable bonds is 17. The summed E-state index contributed by atoms with van der Waals surface area (Å²) in [7, 11) is 4.10. The Labute approximate surface area is 237 Å². The fourth-order valence-electron chi connectivity index (χ4n) is 5.93. The van der Waals surface area contributed by atoms with Crippen LogP contribution in [0.3, 0.4) is 0 Å². The topological polar surface area (TPSA) is 53.1 Å². The largest absolute Gasteiger partial charge is 0.362 e. The second-order valence-corrected chi connectivity index (χ2v) is 11.8. The third-order valence-electron chi connectivity index (χ3n) is 8.28. The lowest BCUT2D eigenvalue weighted by atomic mass is 9.86.